The van der Waals surface area contributed by atoms with Gasteiger partial charge < -0.3 is 20.9 Å². The molecule has 0 spiro atoms. The molecule has 0 aliphatic carbocycles. The third kappa shape index (κ3) is 4.11. The fraction of sp³-hybridized carbons (Fsp3) is 0.583. The van der Waals surface area contributed by atoms with Gasteiger partial charge in [0.05, 0.1) is 24.4 Å². The number of rotatable bonds is 6. The van der Waals surface area contributed by atoms with E-state index < -0.39 is 5.54 Å². The van der Waals surface area contributed by atoms with Crippen LogP contribution in [0.5, 0.6) is 5.88 Å². The number of aromatic nitrogens is 1. The van der Waals surface area contributed by atoms with Crippen molar-refractivity contribution < 1.29 is 9.84 Å². The number of aliphatic hydroxyl groups excluding tert-OH is 1. The van der Waals surface area contributed by atoms with E-state index in [2.05, 4.69) is 10.3 Å². The summed E-state index contributed by atoms with van der Waals surface area (Å²) in [4.78, 5) is 4.27. The van der Waals surface area contributed by atoms with Gasteiger partial charge in [-0.25, -0.2) is 0 Å². The Balaban J connectivity index is 2.81. The average molecular weight is 239 g/mol. The molecule has 0 aromatic carbocycles. The van der Waals surface area contributed by atoms with Gasteiger partial charge in [0.2, 0.25) is 5.88 Å². The summed E-state index contributed by atoms with van der Waals surface area (Å²) in [5, 5.41) is 12.3. The van der Waals surface area contributed by atoms with Gasteiger partial charge in [0.1, 0.15) is 5.82 Å². The molecule has 0 amide bonds. The fourth-order valence-corrected chi connectivity index (χ4v) is 1.22. The number of hydrogen-bond acceptors (Lipinski definition) is 5. The largest absolute Gasteiger partial charge is 0.476 e. The van der Waals surface area contributed by atoms with Crippen molar-refractivity contribution in [3.05, 3.63) is 12.1 Å². The van der Waals surface area contributed by atoms with Crippen LogP contribution in [-0.2, 0) is 0 Å². The van der Waals surface area contributed by atoms with Gasteiger partial charge in [-0.15, -0.1) is 0 Å². The second-order valence-corrected chi connectivity index (χ2v) is 4.61. The summed E-state index contributed by atoms with van der Waals surface area (Å²) >= 11 is 0. The van der Waals surface area contributed by atoms with Crippen LogP contribution in [0.4, 0.5) is 11.5 Å². The van der Waals surface area contributed by atoms with Gasteiger partial charge in [0.25, 0.3) is 0 Å². The highest BCUT2D eigenvalue weighted by atomic mass is 16.5. The summed E-state index contributed by atoms with van der Waals surface area (Å²) in [7, 11) is 0. The van der Waals surface area contributed by atoms with E-state index in [-0.39, 0.29) is 6.61 Å². The molecule has 0 fully saturated rings. The lowest BCUT2D eigenvalue weighted by molar-refractivity contribution is 0.233. The number of pyridine rings is 1. The van der Waals surface area contributed by atoms with E-state index in [4.69, 9.17) is 10.5 Å². The van der Waals surface area contributed by atoms with Crippen LogP contribution in [0.2, 0.25) is 0 Å². The van der Waals surface area contributed by atoms with Crippen molar-refractivity contribution in [2.75, 3.05) is 24.3 Å². The number of anilines is 2. The molecule has 1 aromatic heterocycles. The first-order valence-corrected chi connectivity index (χ1v) is 5.77. The minimum atomic E-state index is -0.425. The Bertz CT molecular complexity index is 367. The molecule has 96 valence electrons. The van der Waals surface area contributed by atoms with Crippen molar-refractivity contribution in [1.82, 2.24) is 4.98 Å². The van der Waals surface area contributed by atoms with Crippen molar-refractivity contribution in [2.24, 2.45) is 0 Å². The first-order chi connectivity index (χ1) is 7.98. The molecular weight excluding hydrogens is 218 g/mol. The topological polar surface area (TPSA) is 80.4 Å². The average Bonchev–Trinajstić information content (AvgIpc) is 2.29. The normalized spacial score (nSPS) is 11.3. The Kier molecular flexibility index (Phi) is 4.57. The smallest absolute Gasteiger partial charge is 0.239 e. The Morgan fingerprint density at radius 2 is 2.18 bits per heavy atom. The molecule has 17 heavy (non-hydrogen) atoms. The molecule has 4 N–H and O–H groups in total. The van der Waals surface area contributed by atoms with E-state index in [1.165, 1.54) is 0 Å². The first-order valence-electron chi connectivity index (χ1n) is 5.77. The molecule has 5 nitrogen and oxygen atoms in total. The molecular formula is C12H21N3O2. The van der Waals surface area contributed by atoms with Crippen LogP contribution in [0.25, 0.3) is 0 Å². The van der Waals surface area contributed by atoms with Crippen molar-refractivity contribution in [2.45, 2.75) is 32.7 Å². The number of hydrogen-bond donors (Lipinski definition) is 3. The summed E-state index contributed by atoms with van der Waals surface area (Å²) < 4.78 is 5.44. The van der Waals surface area contributed by atoms with Crippen LogP contribution in [0.1, 0.15) is 27.2 Å². The summed E-state index contributed by atoms with van der Waals surface area (Å²) in [6, 6.07) is 3.51. The predicted octanol–water partition coefficient (Wildman–Crippen LogP) is 1.64. The molecule has 1 aromatic rings. The van der Waals surface area contributed by atoms with Gasteiger partial charge in [0, 0.05) is 0 Å². The zero-order valence-corrected chi connectivity index (χ0v) is 10.7. The summed E-state index contributed by atoms with van der Waals surface area (Å²) in [6.07, 6.45) is 0.904. The number of nitrogens with zero attached hydrogens (tertiary/aromatic N) is 1. The van der Waals surface area contributed by atoms with Crippen molar-refractivity contribution in [3.8, 4) is 5.88 Å². The van der Waals surface area contributed by atoms with Gasteiger partial charge in [-0.2, -0.15) is 4.98 Å². The molecule has 0 radical (unpaired) electrons. The quantitative estimate of drug-likeness (QED) is 0.703. The standard InChI is InChI=1S/C12H21N3O2/c1-4-7-17-11-9(13)5-6-10(14-11)15-12(2,3)8-16/h5-6,16H,4,7-8,13H2,1-3H3,(H,14,15). The van der Waals surface area contributed by atoms with Crippen LogP contribution in [0.15, 0.2) is 12.1 Å². The molecule has 1 rings (SSSR count). The third-order valence-corrected chi connectivity index (χ3v) is 2.19. The minimum absolute atomic E-state index is 0.0181. The van der Waals surface area contributed by atoms with Crippen molar-refractivity contribution >= 4 is 11.5 Å². The zero-order valence-electron chi connectivity index (χ0n) is 10.7. The summed E-state index contributed by atoms with van der Waals surface area (Å²) in [6.45, 7) is 6.40. The highest BCUT2D eigenvalue weighted by Gasteiger charge is 2.17. The Hall–Kier alpha value is -1.49. The monoisotopic (exact) mass is 239 g/mol. The third-order valence-electron chi connectivity index (χ3n) is 2.19. The number of nitrogen functional groups attached to an aromatic ring is 1. The molecule has 0 atom stereocenters. The van der Waals surface area contributed by atoms with Gasteiger partial charge in [-0.05, 0) is 32.4 Å². The number of nitrogens with one attached hydrogen (secondary N) is 1. The predicted molar refractivity (Wildman–Crippen MR) is 69.2 cm³/mol. The molecule has 0 saturated heterocycles. The number of nitrogens with two attached hydrogens (primary N) is 1. The molecule has 0 aliphatic rings. The fourth-order valence-electron chi connectivity index (χ4n) is 1.22. The van der Waals surface area contributed by atoms with Gasteiger partial charge >= 0.3 is 0 Å². The molecule has 0 bridgehead atoms. The number of aliphatic hydroxyl groups is 1. The van der Waals surface area contributed by atoms with E-state index in [1.807, 2.05) is 20.8 Å². The second kappa shape index (κ2) is 5.72. The SMILES string of the molecule is CCCOc1nc(NC(C)(C)CO)ccc1N. The van der Waals surface area contributed by atoms with Gasteiger partial charge in [-0.1, -0.05) is 6.92 Å². The van der Waals surface area contributed by atoms with Crippen LogP contribution >= 0.6 is 0 Å². The lowest BCUT2D eigenvalue weighted by Gasteiger charge is -2.24. The highest BCUT2D eigenvalue weighted by molar-refractivity contribution is 5.54. The minimum Gasteiger partial charge on any atom is -0.476 e. The van der Waals surface area contributed by atoms with Crippen LogP contribution < -0.4 is 15.8 Å². The lowest BCUT2D eigenvalue weighted by atomic mass is 10.1. The lowest BCUT2D eigenvalue weighted by Crippen LogP contribution is -2.35. The summed E-state index contributed by atoms with van der Waals surface area (Å²) in [5.41, 5.74) is 5.86. The second-order valence-electron chi connectivity index (χ2n) is 4.61. The maximum absolute atomic E-state index is 9.17. The molecule has 0 unspecified atom stereocenters. The molecule has 0 aliphatic heterocycles. The van der Waals surface area contributed by atoms with E-state index in [9.17, 15) is 5.11 Å². The Morgan fingerprint density at radius 1 is 1.47 bits per heavy atom. The Morgan fingerprint density at radius 3 is 2.76 bits per heavy atom. The maximum Gasteiger partial charge on any atom is 0.239 e. The number of ether oxygens (including phenoxy) is 1. The highest BCUT2D eigenvalue weighted by Crippen LogP contribution is 2.22. The van der Waals surface area contributed by atoms with Gasteiger partial charge in [0.15, 0.2) is 0 Å². The van der Waals surface area contributed by atoms with Crippen LogP contribution in [0, 0.1) is 0 Å². The molecule has 1 heterocycles. The molecule has 5 heteroatoms. The van der Waals surface area contributed by atoms with E-state index in [0.717, 1.165) is 6.42 Å². The maximum atomic E-state index is 9.17. The van der Waals surface area contributed by atoms with Crippen LogP contribution in [0.3, 0.4) is 0 Å². The summed E-state index contributed by atoms with van der Waals surface area (Å²) in [5.74, 6) is 1.08. The van der Waals surface area contributed by atoms with E-state index >= 15 is 0 Å². The van der Waals surface area contributed by atoms with Crippen LogP contribution in [-0.4, -0.2) is 28.8 Å². The van der Waals surface area contributed by atoms with Crippen molar-refractivity contribution in [3.63, 3.8) is 0 Å². The Labute approximate surface area is 102 Å². The first kappa shape index (κ1) is 13.6. The zero-order chi connectivity index (χ0) is 12.9. The van der Waals surface area contributed by atoms with Gasteiger partial charge in [-0.3, -0.25) is 0 Å². The van der Waals surface area contributed by atoms with Crippen molar-refractivity contribution in [1.29, 1.82) is 0 Å². The van der Waals surface area contributed by atoms with E-state index in [1.54, 1.807) is 12.1 Å². The molecule has 0 saturated carbocycles. The van der Waals surface area contributed by atoms with E-state index in [0.29, 0.717) is 24.0 Å².